The van der Waals surface area contributed by atoms with Crippen LogP contribution in [-0.2, 0) is 9.53 Å². The van der Waals surface area contributed by atoms with Crippen LogP contribution in [0.3, 0.4) is 0 Å². The summed E-state index contributed by atoms with van der Waals surface area (Å²) in [5, 5.41) is 3.70. The number of aromatic nitrogens is 1. The molecule has 2 aromatic rings. The minimum absolute atomic E-state index is 0.297. The molecule has 5 nitrogen and oxygen atoms in total. The molecule has 1 aromatic heterocycles. The zero-order chi connectivity index (χ0) is 17.4. The van der Waals surface area contributed by atoms with E-state index < -0.39 is 5.97 Å². The SMILES string of the molecule is CCCNC(=O)COC(=O)c1cccnc1Sc1ccccc1Cl. The van der Waals surface area contributed by atoms with Gasteiger partial charge in [0.05, 0.1) is 10.6 Å². The highest BCUT2D eigenvalue weighted by molar-refractivity contribution is 7.99. The number of esters is 1. The van der Waals surface area contributed by atoms with Gasteiger partial charge in [-0.2, -0.15) is 0 Å². The van der Waals surface area contributed by atoms with E-state index in [1.54, 1.807) is 24.4 Å². The third-order valence-electron chi connectivity index (χ3n) is 2.94. The minimum atomic E-state index is -0.593. The largest absolute Gasteiger partial charge is 0.452 e. The Hall–Kier alpha value is -2.05. The topological polar surface area (TPSA) is 68.3 Å². The predicted molar refractivity (Wildman–Crippen MR) is 93.4 cm³/mol. The van der Waals surface area contributed by atoms with Crippen molar-refractivity contribution < 1.29 is 14.3 Å². The molecule has 1 N–H and O–H groups in total. The van der Waals surface area contributed by atoms with Gasteiger partial charge in [-0.05, 0) is 30.7 Å². The van der Waals surface area contributed by atoms with Crippen LogP contribution in [0.2, 0.25) is 5.02 Å². The molecular formula is C17H17ClN2O3S. The van der Waals surface area contributed by atoms with Crippen molar-refractivity contribution in [3.63, 3.8) is 0 Å². The molecule has 7 heteroatoms. The first-order valence-corrected chi connectivity index (χ1v) is 8.62. The normalized spacial score (nSPS) is 10.2. The fourth-order valence-electron chi connectivity index (χ4n) is 1.78. The Balaban J connectivity index is 2.06. The van der Waals surface area contributed by atoms with E-state index in [1.807, 2.05) is 25.1 Å². The van der Waals surface area contributed by atoms with Gasteiger partial charge in [0.25, 0.3) is 5.91 Å². The third-order valence-corrected chi connectivity index (χ3v) is 4.48. The van der Waals surface area contributed by atoms with Gasteiger partial charge in [-0.3, -0.25) is 4.79 Å². The van der Waals surface area contributed by atoms with Crippen LogP contribution >= 0.6 is 23.4 Å². The van der Waals surface area contributed by atoms with Crippen molar-refractivity contribution in [1.29, 1.82) is 0 Å². The minimum Gasteiger partial charge on any atom is -0.452 e. The van der Waals surface area contributed by atoms with Gasteiger partial charge in [-0.15, -0.1) is 0 Å². The number of hydrogen-bond acceptors (Lipinski definition) is 5. The molecule has 0 aliphatic carbocycles. The van der Waals surface area contributed by atoms with Gasteiger partial charge >= 0.3 is 5.97 Å². The summed E-state index contributed by atoms with van der Waals surface area (Å²) in [5.74, 6) is -0.918. The Morgan fingerprint density at radius 1 is 1.25 bits per heavy atom. The van der Waals surface area contributed by atoms with Gasteiger partial charge in [0.15, 0.2) is 6.61 Å². The van der Waals surface area contributed by atoms with Crippen molar-refractivity contribution in [1.82, 2.24) is 10.3 Å². The summed E-state index contributed by atoms with van der Waals surface area (Å²) in [6.45, 7) is 2.18. The molecule has 24 heavy (non-hydrogen) atoms. The van der Waals surface area contributed by atoms with Crippen molar-refractivity contribution in [2.24, 2.45) is 0 Å². The summed E-state index contributed by atoms with van der Waals surface area (Å²) < 4.78 is 5.06. The number of carbonyl (C=O) groups excluding carboxylic acids is 2. The molecular weight excluding hydrogens is 348 g/mol. The van der Waals surface area contributed by atoms with E-state index in [2.05, 4.69) is 10.3 Å². The van der Waals surface area contributed by atoms with Crippen molar-refractivity contribution in [2.45, 2.75) is 23.3 Å². The Bertz CT molecular complexity index is 724. The Morgan fingerprint density at radius 2 is 2.04 bits per heavy atom. The van der Waals surface area contributed by atoms with Gasteiger partial charge in [0.2, 0.25) is 0 Å². The predicted octanol–water partition coefficient (Wildman–Crippen LogP) is 3.57. The molecule has 2 rings (SSSR count). The molecule has 0 bridgehead atoms. The second-order valence-corrected chi connectivity index (χ2v) is 6.25. The van der Waals surface area contributed by atoms with Crippen LogP contribution in [0.4, 0.5) is 0 Å². The second-order valence-electron chi connectivity index (χ2n) is 4.81. The van der Waals surface area contributed by atoms with E-state index >= 15 is 0 Å². The zero-order valence-electron chi connectivity index (χ0n) is 13.1. The number of nitrogens with one attached hydrogen (secondary N) is 1. The van der Waals surface area contributed by atoms with Gasteiger partial charge in [-0.1, -0.05) is 42.4 Å². The van der Waals surface area contributed by atoms with Crippen LogP contribution in [-0.4, -0.2) is 30.0 Å². The molecule has 0 fully saturated rings. The summed E-state index contributed by atoms with van der Waals surface area (Å²) in [6, 6.07) is 10.5. The number of halogens is 1. The zero-order valence-corrected chi connectivity index (χ0v) is 14.7. The first kappa shape index (κ1) is 18.3. The number of pyridine rings is 1. The highest BCUT2D eigenvalue weighted by Crippen LogP contribution is 2.33. The number of rotatable bonds is 7. The summed E-state index contributed by atoms with van der Waals surface area (Å²) in [4.78, 5) is 28.8. The molecule has 0 saturated carbocycles. The van der Waals surface area contributed by atoms with Crippen LogP contribution in [0.5, 0.6) is 0 Å². The summed E-state index contributed by atoms with van der Waals surface area (Å²) in [6.07, 6.45) is 2.41. The Labute approximate surface area is 149 Å². The van der Waals surface area contributed by atoms with Gasteiger partial charge in [0, 0.05) is 17.6 Å². The maximum atomic E-state index is 12.2. The molecule has 1 amide bonds. The lowest BCUT2D eigenvalue weighted by atomic mass is 10.3. The van der Waals surface area contributed by atoms with E-state index in [9.17, 15) is 9.59 Å². The molecule has 0 unspecified atom stereocenters. The number of ether oxygens (including phenoxy) is 1. The molecule has 0 aliphatic heterocycles. The summed E-state index contributed by atoms with van der Waals surface area (Å²) in [5.41, 5.74) is 0.297. The lowest BCUT2D eigenvalue weighted by Crippen LogP contribution is -2.29. The van der Waals surface area contributed by atoms with E-state index in [0.717, 1.165) is 11.3 Å². The fourth-order valence-corrected chi connectivity index (χ4v) is 2.93. The van der Waals surface area contributed by atoms with E-state index in [4.69, 9.17) is 16.3 Å². The molecule has 0 atom stereocenters. The van der Waals surface area contributed by atoms with Gasteiger partial charge in [-0.25, -0.2) is 9.78 Å². The molecule has 126 valence electrons. The first-order valence-electron chi connectivity index (χ1n) is 7.43. The number of carbonyl (C=O) groups is 2. The molecule has 1 aromatic carbocycles. The fraction of sp³-hybridized carbons (Fsp3) is 0.235. The number of benzene rings is 1. The van der Waals surface area contributed by atoms with E-state index in [-0.39, 0.29) is 12.5 Å². The average Bonchev–Trinajstić information content (AvgIpc) is 2.60. The monoisotopic (exact) mass is 364 g/mol. The van der Waals surface area contributed by atoms with E-state index in [1.165, 1.54) is 11.8 Å². The van der Waals surface area contributed by atoms with Crippen LogP contribution in [0.25, 0.3) is 0 Å². The Kier molecular flexibility index (Phi) is 7.08. The standard InChI is InChI=1S/C17H17ClN2O3S/c1-2-9-19-15(21)11-23-17(22)12-6-5-10-20-16(12)24-14-8-4-3-7-13(14)18/h3-8,10H,2,9,11H2,1H3,(H,19,21). The highest BCUT2D eigenvalue weighted by Gasteiger charge is 2.17. The molecule has 0 radical (unpaired) electrons. The molecule has 0 aliphatic rings. The molecule has 0 saturated heterocycles. The van der Waals surface area contributed by atoms with Crippen molar-refractivity contribution in [2.75, 3.05) is 13.2 Å². The summed E-state index contributed by atoms with van der Waals surface area (Å²) >= 11 is 7.41. The lowest BCUT2D eigenvalue weighted by molar-refractivity contribution is -0.124. The maximum absolute atomic E-state index is 12.2. The molecule has 1 heterocycles. The lowest BCUT2D eigenvalue weighted by Gasteiger charge is -2.09. The smallest absolute Gasteiger partial charge is 0.341 e. The van der Waals surface area contributed by atoms with Crippen LogP contribution in [0, 0.1) is 0 Å². The quantitative estimate of drug-likeness (QED) is 0.760. The van der Waals surface area contributed by atoms with Crippen LogP contribution < -0.4 is 5.32 Å². The number of hydrogen-bond donors (Lipinski definition) is 1. The Morgan fingerprint density at radius 3 is 2.79 bits per heavy atom. The van der Waals surface area contributed by atoms with Crippen LogP contribution in [0.1, 0.15) is 23.7 Å². The van der Waals surface area contributed by atoms with Gasteiger partial charge < -0.3 is 10.1 Å². The maximum Gasteiger partial charge on any atom is 0.341 e. The van der Waals surface area contributed by atoms with Crippen molar-refractivity contribution in [3.8, 4) is 0 Å². The number of amides is 1. The first-order chi connectivity index (χ1) is 11.6. The highest BCUT2D eigenvalue weighted by atomic mass is 35.5. The van der Waals surface area contributed by atoms with Gasteiger partial charge in [0.1, 0.15) is 5.03 Å². The number of nitrogens with zero attached hydrogens (tertiary/aromatic N) is 1. The van der Waals surface area contributed by atoms with Crippen molar-refractivity contribution in [3.05, 3.63) is 53.2 Å². The molecule has 0 spiro atoms. The third kappa shape index (κ3) is 5.25. The average molecular weight is 365 g/mol. The van der Waals surface area contributed by atoms with E-state index in [0.29, 0.717) is 22.2 Å². The second kappa shape index (κ2) is 9.30. The van der Waals surface area contributed by atoms with Crippen LogP contribution in [0.15, 0.2) is 52.5 Å². The summed E-state index contributed by atoms with van der Waals surface area (Å²) in [7, 11) is 0. The van der Waals surface area contributed by atoms with Crippen molar-refractivity contribution >= 4 is 35.2 Å².